The first-order valence-electron chi connectivity index (χ1n) is 8.95. The molecule has 3 aliphatic rings. The summed E-state index contributed by atoms with van der Waals surface area (Å²) in [5, 5.41) is 13.6. The van der Waals surface area contributed by atoms with Crippen molar-refractivity contribution < 1.29 is 9.90 Å². The van der Waals surface area contributed by atoms with Crippen LogP contribution in [0.25, 0.3) is 0 Å². The Hall–Kier alpha value is -0.610. The molecule has 0 aromatic heterocycles. The molecule has 0 unspecified atom stereocenters. The summed E-state index contributed by atoms with van der Waals surface area (Å²) in [4.78, 5) is 14.5. The lowest BCUT2D eigenvalue weighted by molar-refractivity contribution is -0.122. The fourth-order valence-electron chi connectivity index (χ4n) is 4.50. The van der Waals surface area contributed by atoms with Crippen LogP contribution in [0.3, 0.4) is 0 Å². The predicted molar refractivity (Wildman–Crippen MR) is 83.0 cm³/mol. The van der Waals surface area contributed by atoms with E-state index in [1.165, 1.54) is 38.5 Å². The van der Waals surface area contributed by atoms with Gasteiger partial charge in [-0.15, -0.1) is 0 Å². The van der Waals surface area contributed by atoms with Crippen molar-refractivity contribution in [1.82, 2.24) is 10.2 Å². The molecular weight excluding hydrogens is 264 g/mol. The maximum atomic E-state index is 12.1. The standard InChI is InChI=1S/C17H30N2O2/c20-16(10-7-13-5-1-2-6-13)18-14-8-9-15(17(14)21)19-11-3-4-12-19/h13-15,17,21H,1-12H2,(H,18,20)/t14-,15-,17-/m1/s1. The number of aliphatic hydroxyl groups is 1. The Bertz CT molecular complexity index is 349. The fraction of sp³-hybridized carbons (Fsp3) is 0.941. The van der Waals surface area contributed by atoms with Gasteiger partial charge in [0.25, 0.3) is 0 Å². The minimum absolute atomic E-state index is 0.0216. The van der Waals surface area contributed by atoms with E-state index in [1.54, 1.807) is 0 Å². The van der Waals surface area contributed by atoms with Crippen LogP contribution in [0.15, 0.2) is 0 Å². The molecule has 1 aliphatic heterocycles. The minimum Gasteiger partial charge on any atom is -0.389 e. The van der Waals surface area contributed by atoms with Gasteiger partial charge in [-0.05, 0) is 51.1 Å². The van der Waals surface area contributed by atoms with E-state index in [9.17, 15) is 9.90 Å². The van der Waals surface area contributed by atoms with Gasteiger partial charge in [0, 0.05) is 12.5 Å². The Labute approximate surface area is 128 Å². The van der Waals surface area contributed by atoms with Crippen LogP contribution in [0.2, 0.25) is 0 Å². The van der Waals surface area contributed by atoms with E-state index >= 15 is 0 Å². The number of nitrogens with one attached hydrogen (secondary N) is 1. The molecule has 2 aliphatic carbocycles. The van der Waals surface area contributed by atoms with E-state index in [2.05, 4.69) is 10.2 Å². The second-order valence-electron chi connectivity index (χ2n) is 7.24. The normalized spacial score (nSPS) is 34.6. The first-order valence-corrected chi connectivity index (χ1v) is 8.95. The van der Waals surface area contributed by atoms with Crippen LogP contribution in [0.4, 0.5) is 0 Å². The Balaban J connectivity index is 1.41. The molecule has 3 fully saturated rings. The highest BCUT2D eigenvalue weighted by atomic mass is 16.3. The van der Waals surface area contributed by atoms with Gasteiger partial charge >= 0.3 is 0 Å². The molecule has 0 spiro atoms. The Morgan fingerprint density at radius 2 is 1.76 bits per heavy atom. The van der Waals surface area contributed by atoms with E-state index in [1.807, 2.05) is 0 Å². The molecule has 2 saturated carbocycles. The summed E-state index contributed by atoms with van der Waals surface area (Å²) in [6, 6.07) is 0.249. The highest BCUT2D eigenvalue weighted by Crippen LogP contribution is 2.29. The van der Waals surface area contributed by atoms with Gasteiger partial charge in [-0.25, -0.2) is 0 Å². The smallest absolute Gasteiger partial charge is 0.220 e. The molecule has 0 bridgehead atoms. The van der Waals surface area contributed by atoms with Crippen molar-refractivity contribution in [3.05, 3.63) is 0 Å². The summed E-state index contributed by atoms with van der Waals surface area (Å²) < 4.78 is 0. The zero-order valence-corrected chi connectivity index (χ0v) is 13.1. The summed E-state index contributed by atoms with van der Waals surface area (Å²) in [7, 11) is 0. The van der Waals surface area contributed by atoms with Crippen LogP contribution in [-0.4, -0.2) is 47.2 Å². The zero-order chi connectivity index (χ0) is 14.7. The first-order chi connectivity index (χ1) is 10.2. The monoisotopic (exact) mass is 294 g/mol. The molecule has 4 nitrogen and oxygen atoms in total. The fourth-order valence-corrected chi connectivity index (χ4v) is 4.50. The Morgan fingerprint density at radius 1 is 1.05 bits per heavy atom. The number of aliphatic hydroxyl groups excluding tert-OH is 1. The van der Waals surface area contributed by atoms with Gasteiger partial charge in [-0.1, -0.05) is 25.7 Å². The molecule has 1 amide bonds. The topological polar surface area (TPSA) is 52.6 Å². The van der Waals surface area contributed by atoms with E-state index in [4.69, 9.17) is 0 Å². The lowest BCUT2D eigenvalue weighted by atomic mass is 10.0. The number of carbonyl (C=O) groups excluding carboxylic acids is 1. The molecule has 120 valence electrons. The van der Waals surface area contributed by atoms with Gasteiger partial charge in [-0.3, -0.25) is 9.69 Å². The van der Waals surface area contributed by atoms with Crippen molar-refractivity contribution in [3.63, 3.8) is 0 Å². The Kier molecular flexibility index (Phi) is 5.17. The molecule has 3 atom stereocenters. The lowest BCUT2D eigenvalue weighted by Crippen LogP contribution is -2.47. The van der Waals surface area contributed by atoms with Gasteiger partial charge in [0.05, 0.1) is 12.1 Å². The van der Waals surface area contributed by atoms with Crippen LogP contribution in [0.5, 0.6) is 0 Å². The Morgan fingerprint density at radius 3 is 2.48 bits per heavy atom. The van der Waals surface area contributed by atoms with Crippen molar-refractivity contribution >= 4 is 5.91 Å². The van der Waals surface area contributed by atoms with Crippen LogP contribution in [0, 0.1) is 5.92 Å². The molecule has 2 N–H and O–H groups in total. The SMILES string of the molecule is O=C(CCC1CCCC1)N[C@@H]1CC[C@@H](N2CCCC2)[C@@H]1O. The van der Waals surface area contributed by atoms with Crippen LogP contribution < -0.4 is 5.32 Å². The quantitative estimate of drug-likeness (QED) is 0.816. The number of hydrogen-bond acceptors (Lipinski definition) is 3. The van der Waals surface area contributed by atoms with E-state index in [-0.39, 0.29) is 24.1 Å². The minimum atomic E-state index is -0.376. The highest BCUT2D eigenvalue weighted by molar-refractivity contribution is 5.76. The number of hydrogen-bond donors (Lipinski definition) is 2. The van der Waals surface area contributed by atoms with Gasteiger partial charge in [0.2, 0.25) is 5.91 Å². The number of carbonyl (C=O) groups is 1. The highest BCUT2D eigenvalue weighted by Gasteiger charge is 2.39. The second kappa shape index (κ2) is 7.10. The summed E-state index contributed by atoms with van der Waals surface area (Å²) in [5.41, 5.74) is 0. The lowest BCUT2D eigenvalue weighted by Gasteiger charge is -2.28. The third-order valence-electron chi connectivity index (χ3n) is 5.79. The largest absolute Gasteiger partial charge is 0.389 e. The van der Waals surface area contributed by atoms with Crippen molar-refractivity contribution in [3.8, 4) is 0 Å². The predicted octanol–water partition coefficient (Wildman–Crippen LogP) is 2.06. The van der Waals surface area contributed by atoms with Crippen LogP contribution >= 0.6 is 0 Å². The zero-order valence-electron chi connectivity index (χ0n) is 13.1. The second-order valence-corrected chi connectivity index (χ2v) is 7.24. The maximum absolute atomic E-state index is 12.1. The van der Waals surface area contributed by atoms with Gasteiger partial charge in [0.15, 0.2) is 0 Å². The van der Waals surface area contributed by atoms with Crippen molar-refractivity contribution in [2.24, 2.45) is 5.92 Å². The maximum Gasteiger partial charge on any atom is 0.220 e. The molecule has 0 radical (unpaired) electrons. The average molecular weight is 294 g/mol. The number of nitrogens with zero attached hydrogens (tertiary/aromatic N) is 1. The number of amides is 1. The van der Waals surface area contributed by atoms with E-state index in [0.29, 0.717) is 6.42 Å². The number of rotatable bonds is 5. The van der Waals surface area contributed by atoms with Crippen LogP contribution in [0.1, 0.15) is 64.2 Å². The van der Waals surface area contributed by atoms with Crippen LogP contribution in [-0.2, 0) is 4.79 Å². The van der Waals surface area contributed by atoms with Gasteiger partial charge in [-0.2, -0.15) is 0 Å². The molecule has 21 heavy (non-hydrogen) atoms. The van der Waals surface area contributed by atoms with Gasteiger partial charge < -0.3 is 10.4 Å². The third-order valence-corrected chi connectivity index (χ3v) is 5.79. The summed E-state index contributed by atoms with van der Waals surface area (Å²) in [6.45, 7) is 2.23. The van der Waals surface area contributed by atoms with E-state index < -0.39 is 0 Å². The van der Waals surface area contributed by atoms with Crippen molar-refractivity contribution in [1.29, 1.82) is 0 Å². The molecule has 1 heterocycles. The number of likely N-dealkylation sites (tertiary alicyclic amines) is 1. The molecule has 4 heteroatoms. The summed E-state index contributed by atoms with van der Waals surface area (Å²) in [5.74, 6) is 0.912. The molecule has 3 rings (SSSR count). The molecule has 1 saturated heterocycles. The molecular formula is C17H30N2O2. The average Bonchev–Trinajstić information content (AvgIpc) is 3.19. The van der Waals surface area contributed by atoms with E-state index in [0.717, 1.165) is 38.3 Å². The summed E-state index contributed by atoms with van der Waals surface area (Å²) in [6.07, 6.45) is 11.0. The first kappa shape index (κ1) is 15.3. The molecule has 0 aromatic rings. The van der Waals surface area contributed by atoms with Gasteiger partial charge in [0.1, 0.15) is 0 Å². The summed E-state index contributed by atoms with van der Waals surface area (Å²) >= 11 is 0. The van der Waals surface area contributed by atoms with Crippen molar-refractivity contribution in [2.45, 2.75) is 82.4 Å². The third kappa shape index (κ3) is 3.78. The van der Waals surface area contributed by atoms with Crippen molar-refractivity contribution in [2.75, 3.05) is 13.1 Å². The molecule has 0 aromatic carbocycles.